The predicted molar refractivity (Wildman–Crippen MR) is 82.7 cm³/mol. The van der Waals surface area contributed by atoms with Gasteiger partial charge in [0.2, 0.25) is 0 Å². The number of furan rings is 1. The van der Waals surface area contributed by atoms with Gasteiger partial charge in [-0.1, -0.05) is 18.2 Å². The fourth-order valence-electron chi connectivity index (χ4n) is 2.52. The van der Waals surface area contributed by atoms with E-state index in [9.17, 15) is 4.79 Å². The molecule has 0 amide bonds. The van der Waals surface area contributed by atoms with Crippen LogP contribution in [-0.4, -0.2) is 15.7 Å². The van der Waals surface area contributed by atoms with Crippen molar-refractivity contribution in [2.45, 2.75) is 33.9 Å². The summed E-state index contributed by atoms with van der Waals surface area (Å²) in [5.41, 5.74) is 3.08. The van der Waals surface area contributed by atoms with Gasteiger partial charge in [0.1, 0.15) is 23.6 Å². The Balaban J connectivity index is 1.78. The maximum absolute atomic E-state index is 12.2. The lowest BCUT2D eigenvalue weighted by atomic mass is 10.1. The summed E-state index contributed by atoms with van der Waals surface area (Å²) in [5.74, 6) is 0.288. The third kappa shape index (κ3) is 2.50. The van der Waals surface area contributed by atoms with Crippen LogP contribution in [0.3, 0.4) is 0 Å². The quantitative estimate of drug-likeness (QED) is 0.690. The van der Waals surface area contributed by atoms with Crippen LogP contribution < -0.4 is 0 Å². The normalized spacial score (nSPS) is 11.0. The maximum Gasteiger partial charge on any atom is 0.357 e. The molecule has 0 atom stereocenters. The van der Waals surface area contributed by atoms with E-state index < -0.39 is 0 Å². The molecule has 2 aromatic heterocycles. The number of nitrogens with zero attached hydrogens (tertiary/aromatic N) is 2. The highest BCUT2D eigenvalue weighted by molar-refractivity contribution is 5.88. The first-order valence-electron chi connectivity index (χ1n) is 7.28. The third-order valence-electron chi connectivity index (χ3n) is 3.69. The minimum Gasteiger partial charge on any atom is -0.457 e. The van der Waals surface area contributed by atoms with E-state index in [1.807, 2.05) is 45.0 Å². The number of carbonyl (C=O) groups excluding carboxylic acids is 1. The standard InChI is InChI=1S/C17H18N2O3/c1-4-19-14(9-11(2)18-19)17(20)21-10-16-12(3)13-7-5-6-8-15(13)22-16/h5-9H,4,10H2,1-3H3. The maximum atomic E-state index is 12.2. The number of hydrogen-bond donors (Lipinski definition) is 0. The summed E-state index contributed by atoms with van der Waals surface area (Å²) < 4.78 is 12.8. The Hall–Kier alpha value is -2.56. The number of carbonyl (C=O) groups is 1. The lowest BCUT2D eigenvalue weighted by Gasteiger charge is -2.05. The number of benzene rings is 1. The first kappa shape index (κ1) is 14.4. The molecule has 0 unspecified atom stereocenters. The van der Waals surface area contributed by atoms with Gasteiger partial charge in [-0.25, -0.2) is 4.79 Å². The van der Waals surface area contributed by atoms with E-state index in [2.05, 4.69) is 5.10 Å². The van der Waals surface area contributed by atoms with Crippen molar-refractivity contribution in [3.8, 4) is 0 Å². The van der Waals surface area contributed by atoms with Gasteiger partial charge in [0.05, 0.1) is 5.69 Å². The predicted octanol–water partition coefficient (Wildman–Crippen LogP) is 3.62. The van der Waals surface area contributed by atoms with Crippen LogP contribution in [0.15, 0.2) is 34.7 Å². The summed E-state index contributed by atoms with van der Waals surface area (Å²) in [5, 5.41) is 5.29. The van der Waals surface area contributed by atoms with Crippen molar-refractivity contribution < 1.29 is 13.9 Å². The van der Waals surface area contributed by atoms with Gasteiger partial charge in [0.15, 0.2) is 0 Å². The minimum absolute atomic E-state index is 0.118. The van der Waals surface area contributed by atoms with Crippen molar-refractivity contribution in [2.75, 3.05) is 0 Å². The number of aryl methyl sites for hydroxylation is 3. The van der Waals surface area contributed by atoms with E-state index >= 15 is 0 Å². The van der Waals surface area contributed by atoms with Gasteiger partial charge >= 0.3 is 5.97 Å². The van der Waals surface area contributed by atoms with Crippen molar-refractivity contribution >= 4 is 16.9 Å². The number of para-hydroxylation sites is 1. The van der Waals surface area contributed by atoms with Crippen LogP contribution in [0.4, 0.5) is 0 Å². The van der Waals surface area contributed by atoms with Crippen molar-refractivity contribution in [1.82, 2.24) is 9.78 Å². The SMILES string of the molecule is CCn1nc(C)cc1C(=O)OCc1oc2ccccc2c1C. The fourth-order valence-corrected chi connectivity index (χ4v) is 2.52. The van der Waals surface area contributed by atoms with Gasteiger partial charge in [-0.15, -0.1) is 0 Å². The van der Waals surface area contributed by atoms with Crippen LogP contribution in [0, 0.1) is 13.8 Å². The molecule has 5 nitrogen and oxygen atoms in total. The van der Waals surface area contributed by atoms with E-state index in [4.69, 9.17) is 9.15 Å². The molecular weight excluding hydrogens is 280 g/mol. The Labute approximate surface area is 128 Å². The van der Waals surface area contributed by atoms with Crippen LogP contribution >= 0.6 is 0 Å². The Kier molecular flexibility index (Phi) is 3.71. The summed E-state index contributed by atoms with van der Waals surface area (Å²) in [6.07, 6.45) is 0. The lowest BCUT2D eigenvalue weighted by molar-refractivity contribution is 0.0432. The average Bonchev–Trinajstić information content (AvgIpc) is 3.06. The summed E-state index contributed by atoms with van der Waals surface area (Å²) >= 11 is 0. The number of aromatic nitrogens is 2. The number of fused-ring (bicyclic) bond motifs is 1. The molecule has 5 heteroatoms. The topological polar surface area (TPSA) is 57.3 Å². The van der Waals surface area contributed by atoms with Crippen molar-refractivity contribution in [1.29, 1.82) is 0 Å². The van der Waals surface area contributed by atoms with Gasteiger partial charge in [0, 0.05) is 17.5 Å². The summed E-state index contributed by atoms with van der Waals surface area (Å²) in [7, 11) is 0. The fraction of sp³-hybridized carbons (Fsp3) is 0.294. The Morgan fingerprint density at radius 3 is 2.82 bits per heavy atom. The molecule has 3 rings (SSSR count). The molecule has 0 N–H and O–H groups in total. The van der Waals surface area contributed by atoms with E-state index in [0.29, 0.717) is 18.0 Å². The van der Waals surface area contributed by atoms with Crippen LogP contribution in [0.25, 0.3) is 11.0 Å². The summed E-state index contributed by atoms with van der Waals surface area (Å²) in [4.78, 5) is 12.2. The molecule has 0 fully saturated rings. The molecule has 1 aromatic carbocycles. The minimum atomic E-state index is -0.387. The molecule has 22 heavy (non-hydrogen) atoms. The molecule has 0 spiro atoms. The second-order valence-corrected chi connectivity index (χ2v) is 5.21. The van der Waals surface area contributed by atoms with Crippen LogP contribution in [0.5, 0.6) is 0 Å². The highest BCUT2D eigenvalue weighted by Crippen LogP contribution is 2.25. The smallest absolute Gasteiger partial charge is 0.357 e. The zero-order valence-corrected chi connectivity index (χ0v) is 12.9. The Bertz CT molecular complexity index is 830. The van der Waals surface area contributed by atoms with Gasteiger partial charge in [-0.3, -0.25) is 4.68 Å². The molecule has 0 aliphatic heterocycles. The molecule has 0 bridgehead atoms. The zero-order chi connectivity index (χ0) is 15.7. The number of rotatable bonds is 4. The first-order chi connectivity index (χ1) is 10.6. The first-order valence-corrected chi connectivity index (χ1v) is 7.28. The molecule has 0 saturated heterocycles. The highest BCUT2D eigenvalue weighted by atomic mass is 16.5. The number of ether oxygens (including phenoxy) is 1. The number of esters is 1. The van der Waals surface area contributed by atoms with Crippen LogP contribution in [0.2, 0.25) is 0 Å². The second kappa shape index (κ2) is 5.67. The zero-order valence-electron chi connectivity index (χ0n) is 12.9. The highest BCUT2D eigenvalue weighted by Gasteiger charge is 2.17. The van der Waals surface area contributed by atoms with Gasteiger partial charge in [-0.2, -0.15) is 5.10 Å². The molecule has 0 radical (unpaired) electrons. The van der Waals surface area contributed by atoms with E-state index in [1.54, 1.807) is 10.7 Å². The van der Waals surface area contributed by atoms with E-state index in [-0.39, 0.29) is 12.6 Å². The van der Waals surface area contributed by atoms with Crippen molar-refractivity contribution in [2.24, 2.45) is 0 Å². The monoisotopic (exact) mass is 298 g/mol. The molecule has 0 aliphatic rings. The van der Waals surface area contributed by atoms with Crippen molar-refractivity contribution in [3.05, 3.63) is 53.0 Å². The molecule has 0 saturated carbocycles. The number of hydrogen-bond acceptors (Lipinski definition) is 4. The van der Waals surface area contributed by atoms with Crippen molar-refractivity contribution in [3.63, 3.8) is 0 Å². The average molecular weight is 298 g/mol. The summed E-state index contributed by atoms with van der Waals surface area (Å²) in [6, 6.07) is 9.52. The third-order valence-corrected chi connectivity index (χ3v) is 3.69. The van der Waals surface area contributed by atoms with Gasteiger partial charge in [-0.05, 0) is 32.9 Å². The molecule has 0 aliphatic carbocycles. The van der Waals surface area contributed by atoms with Crippen LogP contribution in [-0.2, 0) is 17.9 Å². The van der Waals surface area contributed by atoms with Gasteiger partial charge in [0.25, 0.3) is 0 Å². The summed E-state index contributed by atoms with van der Waals surface area (Å²) in [6.45, 7) is 6.50. The Morgan fingerprint density at radius 1 is 1.32 bits per heavy atom. The second-order valence-electron chi connectivity index (χ2n) is 5.21. The molecule has 3 aromatic rings. The van der Waals surface area contributed by atoms with E-state index in [0.717, 1.165) is 22.2 Å². The molecule has 2 heterocycles. The molecule has 114 valence electrons. The van der Waals surface area contributed by atoms with Gasteiger partial charge < -0.3 is 9.15 Å². The van der Waals surface area contributed by atoms with E-state index in [1.165, 1.54) is 0 Å². The lowest BCUT2D eigenvalue weighted by Crippen LogP contribution is -2.12. The van der Waals surface area contributed by atoms with Crippen LogP contribution in [0.1, 0.15) is 34.4 Å². The largest absolute Gasteiger partial charge is 0.457 e. The Morgan fingerprint density at radius 2 is 2.09 bits per heavy atom. The molecular formula is C17H18N2O3.